The van der Waals surface area contributed by atoms with Gasteiger partial charge < -0.3 is 14.3 Å². The standard InChI is InChI=1S/C13H11NO6/c1-8-2-3-12(11(4-8)14(17)18)20-7-10-5-9(6-19-10)13(15)16/h2-6H,7H2,1H3,(H,15,16). The fourth-order valence-electron chi connectivity index (χ4n) is 1.61. The number of nitrogens with zero attached hydrogens (tertiary/aromatic N) is 1. The quantitative estimate of drug-likeness (QED) is 0.665. The van der Waals surface area contributed by atoms with Gasteiger partial charge in [-0.2, -0.15) is 0 Å². The van der Waals surface area contributed by atoms with Crippen LogP contribution >= 0.6 is 0 Å². The highest BCUT2D eigenvalue weighted by Gasteiger charge is 2.16. The van der Waals surface area contributed by atoms with Crippen LogP contribution < -0.4 is 4.74 Å². The lowest BCUT2D eigenvalue weighted by atomic mass is 10.2. The molecule has 0 aliphatic rings. The van der Waals surface area contributed by atoms with E-state index in [1.54, 1.807) is 13.0 Å². The number of nitro benzene ring substituents is 1. The van der Waals surface area contributed by atoms with Gasteiger partial charge in [0.1, 0.15) is 18.6 Å². The lowest BCUT2D eigenvalue weighted by molar-refractivity contribution is -0.386. The molecule has 0 atom stereocenters. The first-order valence-corrected chi connectivity index (χ1v) is 5.66. The third kappa shape index (κ3) is 2.94. The van der Waals surface area contributed by atoms with Crippen molar-refractivity contribution in [3.63, 3.8) is 0 Å². The Hall–Kier alpha value is -2.83. The number of rotatable bonds is 5. The van der Waals surface area contributed by atoms with Crippen molar-refractivity contribution in [2.75, 3.05) is 0 Å². The third-order valence-electron chi connectivity index (χ3n) is 2.58. The van der Waals surface area contributed by atoms with Gasteiger partial charge in [-0.15, -0.1) is 0 Å². The van der Waals surface area contributed by atoms with Gasteiger partial charge in [0.25, 0.3) is 0 Å². The van der Waals surface area contributed by atoms with E-state index in [-0.39, 0.29) is 29.4 Å². The molecular formula is C13H11NO6. The Morgan fingerprint density at radius 3 is 2.80 bits per heavy atom. The predicted octanol–water partition coefficient (Wildman–Crippen LogP) is 2.77. The highest BCUT2D eigenvalue weighted by molar-refractivity contribution is 5.87. The maximum absolute atomic E-state index is 10.9. The van der Waals surface area contributed by atoms with Crippen LogP contribution in [0.15, 0.2) is 34.9 Å². The summed E-state index contributed by atoms with van der Waals surface area (Å²) in [6.45, 7) is 1.65. The van der Waals surface area contributed by atoms with E-state index in [1.807, 2.05) is 0 Å². The zero-order valence-corrected chi connectivity index (χ0v) is 10.5. The van der Waals surface area contributed by atoms with Crippen molar-refractivity contribution < 1.29 is 24.0 Å². The Balaban J connectivity index is 2.14. The number of carboxylic acid groups (broad SMARTS) is 1. The molecular weight excluding hydrogens is 266 g/mol. The SMILES string of the molecule is Cc1ccc(OCc2cc(C(=O)O)co2)c([N+](=O)[O-])c1. The number of hydrogen-bond acceptors (Lipinski definition) is 5. The summed E-state index contributed by atoms with van der Waals surface area (Å²) >= 11 is 0. The fraction of sp³-hybridized carbons (Fsp3) is 0.154. The number of hydrogen-bond donors (Lipinski definition) is 1. The van der Waals surface area contributed by atoms with Gasteiger partial charge in [-0.3, -0.25) is 10.1 Å². The first-order chi connectivity index (χ1) is 9.47. The van der Waals surface area contributed by atoms with Gasteiger partial charge >= 0.3 is 11.7 Å². The van der Waals surface area contributed by atoms with Crippen LogP contribution in [-0.4, -0.2) is 16.0 Å². The topological polar surface area (TPSA) is 103 Å². The Morgan fingerprint density at radius 2 is 2.20 bits per heavy atom. The average molecular weight is 277 g/mol. The van der Waals surface area contributed by atoms with Crippen LogP contribution in [0.25, 0.3) is 0 Å². The number of nitro groups is 1. The average Bonchev–Trinajstić information content (AvgIpc) is 2.86. The maximum Gasteiger partial charge on any atom is 0.338 e. The monoisotopic (exact) mass is 277 g/mol. The predicted molar refractivity (Wildman–Crippen MR) is 67.8 cm³/mol. The molecule has 0 fully saturated rings. The van der Waals surface area contributed by atoms with E-state index in [0.717, 1.165) is 11.8 Å². The van der Waals surface area contributed by atoms with Crippen molar-refractivity contribution in [1.29, 1.82) is 0 Å². The first-order valence-electron chi connectivity index (χ1n) is 5.66. The number of aromatic carboxylic acids is 1. The second kappa shape index (κ2) is 5.43. The molecule has 0 saturated heterocycles. The molecule has 7 heteroatoms. The van der Waals surface area contributed by atoms with E-state index in [1.165, 1.54) is 18.2 Å². The Bertz CT molecular complexity index is 661. The number of furan rings is 1. The molecule has 0 amide bonds. The summed E-state index contributed by atoms with van der Waals surface area (Å²) in [6.07, 6.45) is 1.09. The normalized spacial score (nSPS) is 10.2. The first kappa shape index (κ1) is 13.6. The molecule has 0 radical (unpaired) electrons. The summed E-state index contributed by atoms with van der Waals surface area (Å²) in [5.41, 5.74) is 0.604. The van der Waals surface area contributed by atoms with Crippen molar-refractivity contribution in [1.82, 2.24) is 0 Å². The van der Waals surface area contributed by atoms with Crippen molar-refractivity contribution in [2.24, 2.45) is 0 Å². The molecule has 0 aliphatic heterocycles. The summed E-state index contributed by atoms with van der Waals surface area (Å²) in [7, 11) is 0. The van der Waals surface area contributed by atoms with Crippen LogP contribution in [0.5, 0.6) is 5.75 Å². The summed E-state index contributed by atoms with van der Waals surface area (Å²) < 4.78 is 10.3. The molecule has 2 rings (SSSR count). The summed E-state index contributed by atoms with van der Waals surface area (Å²) in [6, 6.07) is 5.89. The van der Waals surface area contributed by atoms with Crippen LogP contribution in [0.1, 0.15) is 21.7 Å². The van der Waals surface area contributed by atoms with E-state index in [0.29, 0.717) is 0 Å². The largest absolute Gasteiger partial charge is 0.479 e. The molecule has 2 aromatic rings. The fourth-order valence-corrected chi connectivity index (χ4v) is 1.61. The number of benzene rings is 1. The van der Waals surface area contributed by atoms with Gasteiger partial charge in [0.05, 0.1) is 10.5 Å². The van der Waals surface area contributed by atoms with Crippen LogP contribution in [0, 0.1) is 17.0 Å². The van der Waals surface area contributed by atoms with E-state index < -0.39 is 10.9 Å². The minimum atomic E-state index is -1.11. The molecule has 1 heterocycles. The van der Waals surface area contributed by atoms with Crippen LogP contribution in [0.3, 0.4) is 0 Å². The van der Waals surface area contributed by atoms with E-state index in [9.17, 15) is 14.9 Å². The zero-order valence-electron chi connectivity index (χ0n) is 10.5. The van der Waals surface area contributed by atoms with Crippen LogP contribution in [-0.2, 0) is 6.61 Å². The van der Waals surface area contributed by atoms with E-state index in [2.05, 4.69) is 0 Å². The van der Waals surface area contributed by atoms with Gasteiger partial charge in [-0.1, -0.05) is 6.07 Å². The Kier molecular flexibility index (Phi) is 3.69. The number of aryl methyl sites for hydroxylation is 1. The van der Waals surface area contributed by atoms with E-state index in [4.69, 9.17) is 14.3 Å². The number of carbonyl (C=O) groups is 1. The van der Waals surface area contributed by atoms with E-state index >= 15 is 0 Å². The van der Waals surface area contributed by atoms with Crippen molar-refractivity contribution in [2.45, 2.75) is 13.5 Å². The molecule has 1 aromatic heterocycles. The minimum absolute atomic E-state index is 0.00186. The summed E-state index contributed by atoms with van der Waals surface area (Å²) in [4.78, 5) is 21.0. The highest BCUT2D eigenvalue weighted by atomic mass is 16.6. The second-order valence-electron chi connectivity index (χ2n) is 4.12. The second-order valence-corrected chi connectivity index (χ2v) is 4.12. The molecule has 104 valence electrons. The molecule has 0 aliphatic carbocycles. The lowest BCUT2D eigenvalue weighted by Gasteiger charge is -2.05. The molecule has 20 heavy (non-hydrogen) atoms. The number of ether oxygens (including phenoxy) is 1. The summed E-state index contributed by atoms with van der Waals surface area (Å²) in [5, 5.41) is 19.6. The molecule has 7 nitrogen and oxygen atoms in total. The zero-order chi connectivity index (χ0) is 14.7. The molecule has 0 spiro atoms. The van der Waals surface area contributed by atoms with Crippen molar-refractivity contribution in [3.05, 3.63) is 57.5 Å². The van der Waals surface area contributed by atoms with Gasteiger partial charge in [-0.25, -0.2) is 4.79 Å². The minimum Gasteiger partial charge on any atom is -0.479 e. The van der Waals surface area contributed by atoms with Crippen molar-refractivity contribution in [3.8, 4) is 5.75 Å². The highest BCUT2D eigenvalue weighted by Crippen LogP contribution is 2.28. The summed E-state index contributed by atoms with van der Waals surface area (Å²) in [5.74, 6) is -0.729. The maximum atomic E-state index is 10.9. The smallest absolute Gasteiger partial charge is 0.338 e. The van der Waals surface area contributed by atoms with Gasteiger partial charge in [-0.05, 0) is 24.6 Å². The molecule has 0 unspecified atom stereocenters. The molecule has 0 saturated carbocycles. The Morgan fingerprint density at radius 1 is 1.45 bits per heavy atom. The van der Waals surface area contributed by atoms with Crippen LogP contribution in [0.4, 0.5) is 5.69 Å². The van der Waals surface area contributed by atoms with Crippen molar-refractivity contribution >= 4 is 11.7 Å². The van der Waals surface area contributed by atoms with Gasteiger partial charge in [0, 0.05) is 6.07 Å². The molecule has 1 aromatic carbocycles. The molecule has 0 bridgehead atoms. The molecule has 1 N–H and O–H groups in total. The van der Waals surface area contributed by atoms with Crippen LogP contribution in [0.2, 0.25) is 0 Å². The Labute approximate surface area is 113 Å². The van der Waals surface area contributed by atoms with Gasteiger partial charge in [0.2, 0.25) is 0 Å². The third-order valence-corrected chi connectivity index (χ3v) is 2.58. The van der Waals surface area contributed by atoms with Gasteiger partial charge in [0.15, 0.2) is 5.75 Å². The lowest BCUT2D eigenvalue weighted by Crippen LogP contribution is -1.99. The number of carboxylic acids is 1.